The number of carbonyl (C=O) groups is 2. The van der Waals surface area contributed by atoms with Crippen LogP contribution in [0.15, 0.2) is 47.4 Å². The predicted molar refractivity (Wildman–Crippen MR) is 117 cm³/mol. The van der Waals surface area contributed by atoms with Gasteiger partial charge in [-0.25, -0.2) is 0 Å². The maximum absolute atomic E-state index is 12.5. The minimum atomic E-state index is -0.0518. The number of rotatable bonds is 6. The second-order valence-corrected chi connectivity index (χ2v) is 9.19. The van der Waals surface area contributed by atoms with E-state index in [-0.39, 0.29) is 11.8 Å². The van der Waals surface area contributed by atoms with Crippen LogP contribution in [0.25, 0.3) is 0 Å². The molecule has 2 aromatic rings. The zero-order valence-electron chi connectivity index (χ0n) is 16.8. The fourth-order valence-corrected chi connectivity index (χ4v) is 4.22. The third kappa shape index (κ3) is 5.38. The molecule has 0 aliphatic carbocycles. The summed E-state index contributed by atoms with van der Waals surface area (Å²) in [5.74, 6) is 0.112. The van der Waals surface area contributed by atoms with Gasteiger partial charge in [-0.15, -0.1) is 11.8 Å². The van der Waals surface area contributed by atoms with Crippen molar-refractivity contribution in [3.8, 4) is 0 Å². The molecule has 28 heavy (non-hydrogen) atoms. The molecule has 2 aromatic carbocycles. The average molecular weight is 397 g/mol. The van der Waals surface area contributed by atoms with Crippen molar-refractivity contribution in [3.63, 3.8) is 0 Å². The number of anilines is 2. The van der Waals surface area contributed by atoms with Crippen LogP contribution < -0.4 is 10.2 Å². The lowest BCUT2D eigenvalue weighted by Gasteiger charge is -2.28. The molecule has 1 saturated heterocycles. The van der Waals surface area contributed by atoms with Crippen molar-refractivity contribution in [1.82, 2.24) is 0 Å². The van der Waals surface area contributed by atoms with E-state index >= 15 is 0 Å². The van der Waals surface area contributed by atoms with Crippen molar-refractivity contribution >= 4 is 35.0 Å². The monoisotopic (exact) mass is 396 g/mol. The zero-order chi connectivity index (χ0) is 20.1. The van der Waals surface area contributed by atoms with Crippen molar-refractivity contribution in [2.45, 2.75) is 56.6 Å². The Bertz CT molecular complexity index is 846. The number of piperidine rings is 1. The van der Waals surface area contributed by atoms with Crippen molar-refractivity contribution in [3.05, 3.63) is 53.6 Å². The SMILES string of the molecule is Cc1ccc(NC(=O)Cc2ccc(SC(C)C)cc2)cc1N1CCCCC1=O. The molecule has 0 unspecified atom stereocenters. The third-order valence-electron chi connectivity index (χ3n) is 4.77. The Morgan fingerprint density at radius 3 is 2.57 bits per heavy atom. The lowest BCUT2D eigenvalue weighted by Crippen LogP contribution is -2.35. The summed E-state index contributed by atoms with van der Waals surface area (Å²) in [7, 11) is 0. The topological polar surface area (TPSA) is 49.4 Å². The van der Waals surface area contributed by atoms with E-state index in [0.29, 0.717) is 18.1 Å². The zero-order valence-corrected chi connectivity index (χ0v) is 17.6. The summed E-state index contributed by atoms with van der Waals surface area (Å²) in [5.41, 5.74) is 3.67. The molecule has 1 fully saturated rings. The van der Waals surface area contributed by atoms with E-state index in [1.807, 2.05) is 53.9 Å². The first kappa shape index (κ1) is 20.5. The van der Waals surface area contributed by atoms with Crippen LogP contribution in [0.2, 0.25) is 0 Å². The second kappa shape index (κ2) is 9.28. The highest BCUT2D eigenvalue weighted by molar-refractivity contribution is 7.99. The summed E-state index contributed by atoms with van der Waals surface area (Å²) in [4.78, 5) is 27.8. The van der Waals surface area contributed by atoms with Gasteiger partial charge in [0.1, 0.15) is 0 Å². The van der Waals surface area contributed by atoms with Crippen LogP contribution in [-0.2, 0) is 16.0 Å². The number of hydrogen-bond donors (Lipinski definition) is 1. The molecule has 0 radical (unpaired) electrons. The molecule has 4 nitrogen and oxygen atoms in total. The summed E-state index contributed by atoms with van der Waals surface area (Å²) in [6, 6.07) is 13.9. The van der Waals surface area contributed by atoms with Crippen molar-refractivity contribution in [2.75, 3.05) is 16.8 Å². The first-order valence-electron chi connectivity index (χ1n) is 9.89. The molecular weight excluding hydrogens is 368 g/mol. The van der Waals surface area contributed by atoms with Gasteiger partial charge in [-0.3, -0.25) is 9.59 Å². The van der Waals surface area contributed by atoms with Crippen molar-refractivity contribution < 1.29 is 9.59 Å². The molecule has 2 amide bonds. The van der Waals surface area contributed by atoms with Crippen LogP contribution in [0, 0.1) is 6.92 Å². The predicted octanol–water partition coefficient (Wildman–Crippen LogP) is 5.19. The summed E-state index contributed by atoms with van der Waals surface area (Å²) in [5, 5.41) is 3.52. The van der Waals surface area contributed by atoms with Crippen LogP contribution in [0.4, 0.5) is 11.4 Å². The number of benzene rings is 2. The van der Waals surface area contributed by atoms with Gasteiger partial charge in [0.25, 0.3) is 0 Å². The van der Waals surface area contributed by atoms with E-state index < -0.39 is 0 Å². The minimum absolute atomic E-state index is 0.0518. The van der Waals surface area contributed by atoms with E-state index in [2.05, 4.69) is 31.3 Å². The highest BCUT2D eigenvalue weighted by Gasteiger charge is 2.21. The van der Waals surface area contributed by atoms with E-state index in [1.54, 1.807) is 0 Å². The smallest absolute Gasteiger partial charge is 0.228 e. The number of hydrogen-bond acceptors (Lipinski definition) is 3. The molecule has 3 rings (SSSR count). The highest BCUT2D eigenvalue weighted by atomic mass is 32.2. The molecule has 0 bridgehead atoms. The van der Waals surface area contributed by atoms with E-state index in [9.17, 15) is 9.59 Å². The molecule has 0 aromatic heterocycles. The Hall–Kier alpha value is -2.27. The normalized spacial score (nSPS) is 14.4. The number of amides is 2. The molecular formula is C23H28N2O2S. The number of nitrogens with zero attached hydrogens (tertiary/aromatic N) is 1. The van der Waals surface area contributed by atoms with Gasteiger partial charge in [0.2, 0.25) is 11.8 Å². The Balaban J connectivity index is 1.65. The highest BCUT2D eigenvalue weighted by Crippen LogP contribution is 2.28. The quantitative estimate of drug-likeness (QED) is 0.683. The third-order valence-corrected chi connectivity index (χ3v) is 5.78. The van der Waals surface area contributed by atoms with E-state index in [4.69, 9.17) is 0 Å². The van der Waals surface area contributed by atoms with Gasteiger partial charge < -0.3 is 10.2 Å². The molecule has 1 N–H and O–H groups in total. The number of aryl methyl sites for hydroxylation is 1. The van der Waals surface area contributed by atoms with Gasteiger partial charge in [0.05, 0.1) is 6.42 Å². The van der Waals surface area contributed by atoms with E-state index in [1.165, 1.54) is 4.90 Å². The number of thioether (sulfide) groups is 1. The molecule has 0 atom stereocenters. The average Bonchev–Trinajstić information content (AvgIpc) is 2.65. The molecule has 0 saturated carbocycles. The Kier molecular flexibility index (Phi) is 6.79. The first-order chi connectivity index (χ1) is 13.4. The fourth-order valence-electron chi connectivity index (χ4n) is 3.39. The summed E-state index contributed by atoms with van der Waals surface area (Å²) in [6.07, 6.45) is 2.91. The van der Waals surface area contributed by atoms with Gasteiger partial charge >= 0.3 is 0 Å². The molecule has 1 aliphatic heterocycles. The first-order valence-corrected chi connectivity index (χ1v) is 10.8. The standard InChI is InChI=1S/C23H28N2O2S/c1-16(2)28-20-11-8-18(9-12-20)14-22(26)24-19-10-7-17(3)21(15-19)25-13-5-4-6-23(25)27/h7-12,15-16H,4-6,13-14H2,1-3H3,(H,24,26). The molecule has 0 spiro atoms. The number of nitrogens with one attached hydrogen (secondary N) is 1. The summed E-state index contributed by atoms with van der Waals surface area (Å²) >= 11 is 1.81. The molecule has 1 aliphatic rings. The lowest BCUT2D eigenvalue weighted by molar-refractivity contribution is -0.119. The Labute approximate surface area is 171 Å². The largest absolute Gasteiger partial charge is 0.326 e. The van der Waals surface area contributed by atoms with Gasteiger partial charge in [0.15, 0.2) is 0 Å². The van der Waals surface area contributed by atoms with Crippen LogP contribution in [0.1, 0.15) is 44.2 Å². The summed E-state index contributed by atoms with van der Waals surface area (Å²) < 4.78 is 0. The van der Waals surface area contributed by atoms with Gasteiger partial charge in [0, 0.05) is 34.5 Å². The molecule has 5 heteroatoms. The summed E-state index contributed by atoms with van der Waals surface area (Å²) in [6.45, 7) is 7.08. The Morgan fingerprint density at radius 1 is 1.14 bits per heavy atom. The maximum Gasteiger partial charge on any atom is 0.228 e. The van der Waals surface area contributed by atoms with Crippen molar-refractivity contribution in [2.24, 2.45) is 0 Å². The van der Waals surface area contributed by atoms with Crippen LogP contribution in [0.3, 0.4) is 0 Å². The van der Waals surface area contributed by atoms with Crippen LogP contribution in [0.5, 0.6) is 0 Å². The fraction of sp³-hybridized carbons (Fsp3) is 0.391. The van der Waals surface area contributed by atoms with Gasteiger partial charge in [-0.1, -0.05) is 32.0 Å². The number of carbonyl (C=O) groups excluding carboxylic acids is 2. The van der Waals surface area contributed by atoms with Crippen LogP contribution in [-0.4, -0.2) is 23.6 Å². The van der Waals surface area contributed by atoms with Gasteiger partial charge in [-0.05, 0) is 55.2 Å². The van der Waals surface area contributed by atoms with Gasteiger partial charge in [-0.2, -0.15) is 0 Å². The molecule has 1 heterocycles. The minimum Gasteiger partial charge on any atom is -0.326 e. The molecule has 148 valence electrons. The Morgan fingerprint density at radius 2 is 1.89 bits per heavy atom. The van der Waals surface area contributed by atoms with E-state index in [0.717, 1.165) is 41.9 Å². The second-order valence-electron chi connectivity index (χ2n) is 7.54. The lowest BCUT2D eigenvalue weighted by atomic mass is 10.1. The van der Waals surface area contributed by atoms with Crippen molar-refractivity contribution in [1.29, 1.82) is 0 Å². The maximum atomic E-state index is 12.5. The van der Waals surface area contributed by atoms with Crippen LogP contribution >= 0.6 is 11.8 Å².